The Bertz CT molecular complexity index is 552. The number of carbonyl (C=O) groups excluding carboxylic acids is 1. The zero-order valence-corrected chi connectivity index (χ0v) is 9.61. The fourth-order valence-corrected chi connectivity index (χ4v) is 3.13. The van der Waals surface area contributed by atoms with Crippen molar-refractivity contribution in [2.45, 2.75) is 6.04 Å². The smallest absolute Gasteiger partial charge is 0.327 e. The van der Waals surface area contributed by atoms with Crippen molar-refractivity contribution < 1.29 is 14.7 Å². The molecule has 0 saturated heterocycles. The summed E-state index contributed by atoms with van der Waals surface area (Å²) in [5, 5.41) is 11.0. The summed E-state index contributed by atoms with van der Waals surface area (Å²) in [6.45, 7) is 0. The Morgan fingerprint density at radius 1 is 1.35 bits per heavy atom. The van der Waals surface area contributed by atoms with Gasteiger partial charge in [0.15, 0.2) is 0 Å². The summed E-state index contributed by atoms with van der Waals surface area (Å²) >= 11 is 1.44. The molecule has 0 saturated carbocycles. The van der Waals surface area contributed by atoms with Gasteiger partial charge in [-0.05, 0) is 11.5 Å². The first-order valence-electron chi connectivity index (χ1n) is 5.17. The molecule has 0 spiro atoms. The van der Waals surface area contributed by atoms with Gasteiger partial charge in [0, 0.05) is 16.9 Å². The highest BCUT2D eigenvalue weighted by atomic mass is 32.2. The molecule has 0 radical (unpaired) electrons. The van der Waals surface area contributed by atoms with Crippen LogP contribution in [0.4, 0.5) is 0 Å². The van der Waals surface area contributed by atoms with Crippen LogP contribution in [0.1, 0.15) is 15.9 Å². The second kappa shape index (κ2) is 3.63. The molecule has 4 nitrogen and oxygen atoms in total. The quantitative estimate of drug-likeness (QED) is 0.819. The lowest BCUT2D eigenvalue weighted by atomic mass is 10.1. The maximum Gasteiger partial charge on any atom is 0.327 e. The van der Waals surface area contributed by atoms with E-state index in [-0.39, 0.29) is 5.91 Å². The van der Waals surface area contributed by atoms with Crippen molar-refractivity contribution in [2.75, 3.05) is 5.75 Å². The molecule has 5 heteroatoms. The van der Waals surface area contributed by atoms with Gasteiger partial charge in [-0.15, -0.1) is 11.8 Å². The molecule has 1 N–H and O–H groups in total. The number of aliphatic carboxylic acids is 1. The molecule has 0 aliphatic carbocycles. The Hall–Kier alpha value is -1.75. The van der Waals surface area contributed by atoms with Gasteiger partial charge in [-0.1, -0.05) is 18.2 Å². The minimum Gasteiger partial charge on any atom is -0.480 e. The fraction of sp³-hybridized carbons (Fsp3) is 0.167. The number of fused-ring (bicyclic) bond motifs is 3. The number of hydrogen-bond acceptors (Lipinski definition) is 3. The third-order valence-electron chi connectivity index (χ3n) is 2.96. The first kappa shape index (κ1) is 10.4. The Balaban J connectivity index is 2.15. The van der Waals surface area contributed by atoms with Crippen LogP contribution in [-0.4, -0.2) is 33.7 Å². The highest BCUT2D eigenvalue weighted by Gasteiger charge is 2.41. The van der Waals surface area contributed by atoms with Crippen LogP contribution in [0, 0.1) is 0 Å². The minimum atomic E-state index is -0.954. The van der Waals surface area contributed by atoms with Gasteiger partial charge < -0.3 is 5.11 Å². The molecule has 1 amide bonds. The van der Waals surface area contributed by atoms with Gasteiger partial charge in [0.1, 0.15) is 6.04 Å². The monoisotopic (exact) mass is 247 g/mol. The SMILES string of the molecule is O=C(O)[C@@H]1CSC=C2c3ccccc3C(=O)N21. The number of thioether (sulfide) groups is 1. The molecule has 2 heterocycles. The third kappa shape index (κ3) is 1.39. The third-order valence-corrected chi connectivity index (χ3v) is 3.86. The molecular weight excluding hydrogens is 238 g/mol. The summed E-state index contributed by atoms with van der Waals surface area (Å²) < 4.78 is 0. The van der Waals surface area contributed by atoms with E-state index in [1.807, 2.05) is 17.5 Å². The predicted octanol–water partition coefficient (Wildman–Crippen LogP) is 1.64. The number of carbonyl (C=O) groups is 2. The van der Waals surface area contributed by atoms with Gasteiger partial charge in [0.25, 0.3) is 5.91 Å². The van der Waals surface area contributed by atoms with E-state index >= 15 is 0 Å². The van der Waals surface area contributed by atoms with Gasteiger partial charge in [-0.3, -0.25) is 9.69 Å². The molecule has 0 fully saturated rings. The molecule has 3 rings (SSSR count). The van der Waals surface area contributed by atoms with Crippen LogP contribution in [0.2, 0.25) is 0 Å². The molecule has 1 aromatic carbocycles. The molecule has 86 valence electrons. The van der Waals surface area contributed by atoms with E-state index in [0.29, 0.717) is 17.0 Å². The summed E-state index contributed by atoms with van der Waals surface area (Å²) in [6, 6.07) is 6.47. The van der Waals surface area contributed by atoms with Crippen molar-refractivity contribution in [1.29, 1.82) is 0 Å². The normalized spacial score (nSPS) is 21.9. The standard InChI is InChI=1S/C12H9NO3S/c14-11-8-4-2-1-3-7(8)9-5-17-6-10(12(15)16)13(9)11/h1-5,10H,6H2,(H,15,16)/t10-/m0/s1. The van der Waals surface area contributed by atoms with Crippen molar-refractivity contribution in [3.8, 4) is 0 Å². The molecule has 2 aliphatic rings. The minimum absolute atomic E-state index is 0.209. The average Bonchev–Trinajstić information content (AvgIpc) is 2.64. The van der Waals surface area contributed by atoms with Crippen LogP contribution in [0.25, 0.3) is 5.70 Å². The van der Waals surface area contributed by atoms with E-state index in [0.717, 1.165) is 5.56 Å². The number of nitrogens with zero attached hydrogens (tertiary/aromatic N) is 1. The van der Waals surface area contributed by atoms with E-state index in [9.17, 15) is 9.59 Å². The first-order chi connectivity index (χ1) is 8.20. The summed E-state index contributed by atoms with van der Waals surface area (Å²) in [5.74, 6) is -0.762. The van der Waals surface area contributed by atoms with E-state index < -0.39 is 12.0 Å². The van der Waals surface area contributed by atoms with Gasteiger partial charge in [0.05, 0.1) is 5.70 Å². The Labute approximate surface area is 102 Å². The number of rotatable bonds is 1. The van der Waals surface area contributed by atoms with Gasteiger partial charge in [-0.25, -0.2) is 4.79 Å². The van der Waals surface area contributed by atoms with Crippen molar-refractivity contribution in [2.24, 2.45) is 0 Å². The summed E-state index contributed by atoms with van der Waals surface area (Å²) in [6.07, 6.45) is 0. The second-order valence-electron chi connectivity index (χ2n) is 3.91. The van der Waals surface area contributed by atoms with Gasteiger partial charge >= 0.3 is 5.97 Å². The Morgan fingerprint density at radius 2 is 2.06 bits per heavy atom. The highest BCUT2D eigenvalue weighted by Crippen LogP contribution is 2.39. The van der Waals surface area contributed by atoms with Crippen LogP contribution < -0.4 is 0 Å². The fourth-order valence-electron chi connectivity index (χ4n) is 2.17. The maximum atomic E-state index is 12.2. The summed E-state index contributed by atoms with van der Waals surface area (Å²) in [5.41, 5.74) is 2.14. The topological polar surface area (TPSA) is 57.6 Å². The highest BCUT2D eigenvalue weighted by molar-refractivity contribution is 8.02. The number of hydrogen-bond donors (Lipinski definition) is 1. The van der Waals surface area contributed by atoms with E-state index in [1.54, 1.807) is 12.1 Å². The lowest BCUT2D eigenvalue weighted by Crippen LogP contribution is -2.43. The molecule has 17 heavy (non-hydrogen) atoms. The van der Waals surface area contributed by atoms with Crippen LogP contribution in [0.3, 0.4) is 0 Å². The molecular formula is C12H9NO3S. The largest absolute Gasteiger partial charge is 0.480 e. The second-order valence-corrected chi connectivity index (χ2v) is 4.81. The number of benzene rings is 1. The summed E-state index contributed by atoms with van der Waals surface area (Å²) in [4.78, 5) is 24.7. The molecule has 1 aromatic rings. The molecule has 2 aliphatic heterocycles. The molecule has 0 unspecified atom stereocenters. The van der Waals surface area contributed by atoms with Gasteiger partial charge in [-0.2, -0.15) is 0 Å². The van der Waals surface area contributed by atoms with Crippen molar-refractivity contribution in [3.63, 3.8) is 0 Å². The van der Waals surface area contributed by atoms with Crippen molar-refractivity contribution >= 4 is 29.3 Å². The van der Waals surface area contributed by atoms with E-state index in [4.69, 9.17) is 5.11 Å². The first-order valence-corrected chi connectivity index (χ1v) is 6.22. The lowest BCUT2D eigenvalue weighted by molar-refractivity contribution is -0.140. The molecule has 0 aromatic heterocycles. The van der Waals surface area contributed by atoms with E-state index in [1.165, 1.54) is 16.7 Å². The number of amides is 1. The van der Waals surface area contributed by atoms with Crippen LogP contribution in [-0.2, 0) is 4.79 Å². The average molecular weight is 247 g/mol. The number of carboxylic acid groups (broad SMARTS) is 1. The van der Waals surface area contributed by atoms with E-state index in [2.05, 4.69) is 0 Å². The molecule has 1 atom stereocenters. The van der Waals surface area contributed by atoms with Gasteiger partial charge in [0.2, 0.25) is 0 Å². The Morgan fingerprint density at radius 3 is 2.76 bits per heavy atom. The van der Waals surface area contributed by atoms with Crippen molar-refractivity contribution in [1.82, 2.24) is 4.90 Å². The van der Waals surface area contributed by atoms with Crippen LogP contribution in [0.5, 0.6) is 0 Å². The van der Waals surface area contributed by atoms with Crippen LogP contribution in [0.15, 0.2) is 29.7 Å². The zero-order chi connectivity index (χ0) is 12.0. The lowest BCUT2D eigenvalue weighted by Gasteiger charge is -2.28. The Kier molecular flexibility index (Phi) is 2.22. The van der Waals surface area contributed by atoms with Crippen LogP contribution >= 0.6 is 11.8 Å². The maximum absolute atomic E-state index is 12.2. The summed E-state index contributed by atoms with van der Waals surface area (Å²) in [7, 11) is 0. The zero-order valence-electron chi connectivity index (χ0n) is 8.79. The molecule has 0 bridgehead atoms. The predicted molar refractivity (Wildman–Crippen MR) is 64.5 cm³/mol. The number of carboxylic acids is 1. The van der Waals surface area contributed by atoms with Crippen molar-refractivity contribution in [3.05, 3.63) is 40.8 Å².